The van der Waals surface area contributed by atoms with Crippen LogP contribution in [-0.2, 0) is 10.8 Å². The Morgan fingerprint density at radius 1 is 0.426 bits per heavy atom. The maximum atomic E-state index is 2.55. The minimum atomic E-state index is -0.353. The first-order chi connectivity index (χ1) is 26.7. The van der Waals surface area contributed by atoms with Crippen molar-refractivity contribution in [3.63, 3.8) is 0 Å². The molecule has 266 valence electrons. The summed E-state index contributed by atoms with van der Waals surface area (Å²) >= 11 is 0. The molecule has 6 aromatic rings. The number of fused-ring (bicyclic) bond motifs is 10. The highest BCUT2D eigenvalue weighted by Crippen LogP contribution is 2.64. The van der Waals surface area contributed by atoms with Crippen molar-refractivity contribution in [3.8, 4) is 22.3 Å². The van der Waals surface area contributed by atoms with Gasteiger partial charge in [0.25, 0.3) is 0 Å². The van der Waals surface area contributed by atoms with Crippen LogP contribution in [0.25, 0.3) is 22.3 Å². The molecule has 5 saturated carbocycles. The summed E-state index contributed by atoms with van der Waals surface area (Å²) in [6, 6.07) is 54.6. The molecule has 6 aromatic carbocycles. The summed E-state index contributed by atoms with van der Waals surface area (Å²) in [5.74, 6) is 3.54. The second-order valence-electron chi connectivity index (χ2n) is 18.1. The molecule has 0 atom stereocenters. The van der Waals surface area contributed by atoms with Crippen molar-refractivity contribution in [1.82, 2.24) is 0 Å². The molecule has 0 saturated heterocycles. The molecule has 0 amide bonds. The van der Waals surface area contributed by atoms with Crippen LogP contribution in [0.4, 0.5) is 17.1 Å². The van der Waals surface area contributed by atoms with Crippen LogP contribution in [0.2, 0.25) is 0 Å². The predicted molar refractivity (Wildman–Crippen MR) is 223 cm³/mol. The SMILES string of the molecule is c1ccc2c(c1)-c1ccccc1C21c2ccccc2-c2ccc(N(c3ccc(C4CCCCC4)cc3)c3ccc(C45CC6CC(CC(C6)C4)C5)cc3)cc21. The van der Waals surface area contributed by atoms with E-state index in [9.17, 15) is 0 Å². The second kappa shape index (κ2) is 11.8. The quantitative estimate of drug-likeness (QED) is 0.173. The van der Waals surface area contributed by atoms with Crippen molar-refractivity contribution < 1.29 is 0 Å². The Kier molecular flexibility index (Phi) is 6.88. The monoisotopic (exact) mass is 699 g/mol. The van der Waals surface area contributed by atoms with Gasteiger partial charge in [0.1, 0.15) is 0 Å². The standard InChI is InChI=1S/C53H49N/c1-2-10-38(11-3-1)39-18-22-41(23-19-39)54(42-24-20-40(21-25-42)52-32-35-28-36(33-52)30-37(29-35)34-52)43-26-27-47-46-14-6-9-17-50(46)53(51(47)31-43)48-15-7-4-12-44(48)45-13-5-8-16-49(45)53/h4-9,12-27,31,35-38H,1-3,10-11,28-30,32-34H2. The third kappa shape index (κ3) is 4.45. The van der Waals surface area contributed by atoms with Crippen LogP contribution < -0.4 is 4.90 Å². The summed E-state index contributed by atoms with van der Waals surface area (Å²) in [6.07, 6.45) is 15.4. The summed E-state index contributed by atoms with van der Waals surface area (Å²) in [4.78, 5) is 2.55. The van der Waals surface area contributed by atoms with E-state index in [0.29, 0.717) is 11.3 Å². The number of hydrogen-bond donors (Lipinski definition) is 0. The number of rotatable bonds is 5. The molecule has 1 heteroatoms. The lowest BCUT2D eigenvalue weighted by Crippen LogP contribution is -2.48. The van der Waals surface area contributed by atoms with E-state index in [1.165, 1.54) is 138 Å². The fourth-order valence-electron chi connectivity index (χ4n) is 13.4. The zero-order chi connectivity index (χ0) is 35.4. The molecule has 0 aliphatic heterocycles. The van der Waals surface area contributed by atoms with Gasteiger partial charge < -0.3 is 4.90 Å². The molecule has 13 rings (SSSR count). The van der Waals surface area contributed by atoms with Gasteiger partial charge in [-0.05, 0) is 172 Å². The average molecular weight is 700 g/mol. The smallest absolute Gasteiger partial charge is 0.0726 e. The van der Waals surface area contributed by atoms with Gasteiger partial charge in [-0.3, -0.25) is 0 Å². The third-order valence-electron chi connectivity index (χ3n) is 15.2. The highest BCUT2D eigenvalue weighted by atomic mass is 15.1. The lowest BCUT2D eigenvalue weighted by Gasteiger charge is -2.57. The van der Waals surface area contributed by atoms with E-state index in [1.54, 1.807) is 5.56 Å². The van der Waals surface area contributed by atoms with E-state index in [-0.39, 0.29) is 5.41 Å². The minimum absolute atomic E-state index is 0.353. The molecule has 54 heavy (non-hydrogen) atoms. The first-order valence-corrected chi connectivity index (χ1v) is 21.1. The van der Waals surface area contributed by atoms with Crippen molar-refractivity contribution >= 4 is 17.1 Å². The van der Waals surface area contributed by atoms with Gasteiger partial charge in [0.05, 0.1) is 5.41 Å². The highest BCUT2D eigenvalue weighted by molar-refractivity contribution is 5.96. The Hall–Kier alpha value is -4.88. The maximum absolute atomic E-state index is 2.55. The van der Waals surface area contributed by atoms with Gasteiger partial charge in [-0.15, -0.1) is 0 Å². The van der Waals surface area contributed by atoms with Crippen molar-refractivity contribution in [2.45, 2.75) is 87.4 Å². The van der Waals surface area contributed by atoms with Gasteiger partial charge >= 0.3 is 0 Å². The zero-order valence-corrected chi connectivity index (χ0v) is 31.3. The average Bonchev–Trinajstić information content (AvgIpc) is 3.69. The van der Waals surface area contributed by atoms with Crippen molar-refractivity contribution in [2.24, 2.45) is 17.8 Å². The summed E-state index contributed by atoms with van der Waals surface area (Å²) < 4.78 is 0. The molecular formula is C53H49N. The molecule has 1 nitrogen and oxygen atoms in total. The molecule has 0 unspecified atom stereocenters. The van der Waals surface area contributed by atoms with Crippen LogP contribution in [0.15, 0.2) is 140 Å². The number of hydrogen-bond acceptors (Lipinski definition) is 1. The summed E-state index contributed by atoms with van der Waals surface area (Å²) in [5.41, 5.74) is 17.9. The zero-order valence-electron chi connectivity index (χ0n) is 31.3. The van der Waals surface area contributed by atoms with Crippen LogP contribution >= 0.6 is 0 Å². The van der Waals surface area contributed by atoms with Crippen LogP contribution in [0.3, 0.4) is 0 Å². The fraction of sp³-hybridized carbons (Fsp3) is 0.321. The first kappa shape index (κ1) is 31.5. The first-order valence-electron chi connectivity index (χ1n) is 21.1. The summed E-state index contributed by atoms with van der Waals surface area (Å²) in [5, 5.41) is 0. The predicted octanol–water partition coefficient (Wildman–Crippen LogP) is 14.0. The molecule has 5 fully saturated rings. The van der Waals surface area contributed by atoms with Crippen LogP contribution in [0.5, 0.6) is 0 Å². The van der Waals surface area contributed by atoms with Gasteiger partial charge in [0.2, 0.25) is 0 Å². The lowest BCUT2D eigenvalue weighted by molar-refractivity contribution is -0.00518. The Morgan fingerprint density at radius 2 is 0.889 bits per heavy atom. The van der Waals surface area contributed by atoms with Crippen molar-refractivity contribution in [2.75, 3.05) is 4.90 Å². The van der Waals surface area contributed by atoms with E-state index in [4.69, 9.17) is 0 Å². The fourth-order valence-corrected chi connectivity index (χ4v) is 13.4. The number of anilines is 3. The Bertz CT molecular complexity index is 2310. The molecule has 4 bridgehead atoms. The second-order valence-corrected chi connectivity index (χ2v) is 18.1. The summed E-state index contributed by atoms with van der Waals surface area (Å²) in [6.45, 7) is 0. The molecular weight excluding hydrogens is 651 g/mol. The summed E-state index contributed by atoms with van der Waals surface area (Å²) in [7, 11) is 0. The van der Waals surface area contributed by atoms with Gasteiger partial charge in [-0.25, -0.2) is 0 Å². The normalized spacial score (nSPS) is 25.3. The Labute approximate surface area is 321 Å². The van der Waals surface area contributed by atoms with Gasteiger partial charge in [-0.2, -0.15) is 0 Å². The maximum Gasteiger partial charge on any atom is 0.0726 e. The van der Waals surface area contributed by atoms with E-state index in [2.05, 4.69) is 144 Å². The number of benzene rings is 6. The van der Waals surface area contributed by atoms with E-state index >= 15 is 0 Å². The van der Waals surface area contributed by atoms with Crippen molar-refractivity contribution in [3.05, 3.63) is 173 Å². The van der Waals surface area contributed by atoms with E-state index in [1.807, 2.05) is 0 Å². The minimum Gasteiger partial charge on any atom is -0.310 e. The van der Waals surface area contributed by atoms with Crippen LogP contribution in [0, 0.1) is 17.8 Å². The van der Waals surface area contributed by atoms with Crippen molar-refractivity contribution in [1.29, 1.82) is 0 Å². The molecule has 0 heterocycles. The van der Waals surface area contributed by atoms with E-state index < -0.39 is 0 Å². The lowest BCUT2D eigenvalue weighted by atomic mass is 9.48. The third-order valence-corrected chi connectivity index (χ3v) is 15.2. The van der Waals surface area contributed by atoms with E-state index in [0.717, 1.165) is 17.8 Å². The van der Waals surface area contributed by atoms with Crippen LogP contribution in [0.1, 0.15) is 110 Å². The van der Waals surface area contributed by atoms with Gasteiger partial charge in [0.15, 0.2) is 0 Å². The Balaban J connectivity index is 1.02. The van der Waals surface area contributed by atoms with Crippen LogP contribution in [-0.4, -0.2) is 0 Å². The van der Waals surface area contributed by atoms with Gasteiger partial charge in [-0.1, -0.05) is 122 Å². The highest BCUT2D eigenvalue weighted by Gasteiger charge is 2.53. The number of nitrogens with zero attached hydrogens (tertiary/aromatic N) is 1. The molecule has 0 N–H and O–H groups in total. The molecule has 0 radical (unpaired) electrons. The Morgan fingerprint density at radius 3 is 1.43 bits per heavy atom. The molecule has 7 aliphatic carbocycles. The molecule has 0 aromatic heterocycles. The molecule has 7 aliphatic rings. The largest absolute Gasteiger partial charge is 0.310 e. The topological polar surface area (TPSA) is 3.24 Å². The molecule has 1 spiro atoms. The van der Waals surface area contributed by atoms with Gasteiger partial charge in [0, 0.05) is 17.1 Å².